The van der Waals surface area contributed by atoms with Crippen molar-refractivity contribution in [1.82, 2.24) is 15.0 Å². The number of hydrogen-bond donors (Lipinski definition) is 1. The van der Waals surface area contributed by atoms with Crippen molar-refractivity contribution in [3.05, 3.63) is 84.9 Å². The summed E-state index contributed by atoms with van der Waals surface area (Å²) in [6, 6.07) is 26.5. The van der Waals surface area contributed by atoms with Crippen LogP contribution in [0.4, 0.5) is 10.5 Å². The Kier molecular flexibility index (Phi) is 5.06. The Hall–Kier alpha value is -4.13. The molecule has 1 N–H and O–H groups in total. The van der Waals surface area contributed by atoms with Gasteiger partial charge in [-0.05, 0) is 36.4 Å². The van der Waals surface area contributed by atoms with Crippen molar-refractivity contribution in [2.24, 2.45) is 0 Å². The van der Waals surface area contributed by atoms with E-state index in [9.17, 15) is 4.79 Å². The first-order valence-electron chi connectivity index (χ1n) is 10.0. The second-order valence-corrected chi connectivity index (χ2v) is 7.25. The van der Waals surface area contributed by atoms with E-state index in [1.807, 2.05) is 84.9 Å². The number of likely N-dealkylation sites (tertiary alicyclic amines) is 1. The Balaban J connectivity index is 1.15. The van der Waals surface area contributed by atoms with E-state index >= 15 is 0 Å². The molecule has 0 bridgehead atoms. The van der Waals surface area contributed by atoms with Gasteiger partial charge in [0.15, 0.2) is 0 Å². The molecule has 154 valence electrons. The topological polar surface area (TPSA) is 80.5 Å². The maximum atomic E-state index is 12.2. The van der Waals surface area contributed by atoms with Gasteiger partial charge in [-0.15, -0.1) is 0 Å². The van der Waals surface area contributed by atoms with Crippen LogP contribution in [0.1, 0.15) is 0 Å². The van der Waals surface area contributed by atoms with Gasteiger partial charge in [-0.25, -0.2) is 4.79 Å². The van der Waals surface area contributed by atoms with E-state index in [2.05, 4.69) is 15.5 Å². The quantitative estimate of drug-likeness (QED) is 0.514. The summed E-state index contributed by atoms with van der Waals surface area (Å²) in [5.74, 6) is 1.75. The number of rotatable bonds is 5. The van der Waals surface area contributed by atoms with Gasteiger partial charge in [-0.2, -0.15) is 4.98 Å². The highest BCUT2D eigenvalue weighted by Crippen LogP contribution is 2.25. The zero-order chi connectivity index (χ0) is 21.0. The average molecular weight is 412 g/mol. The van der Waals surface area contributed by atoms with Crippen LogP contribution in [0.25, 0.3) is 22.8 Å². The first kappa shape index (κ1) is 18.9. The number of para-hydroxylation sites is 1. The smallest absolute Gasteiger partial charge is 0.322 e. The van der Waals surface area contributed by atoms with E-state index < -0.39 is 0 Å². The lowest BCUT2D eigenvalue weighted by Crippen LogP contribution is -2.57. The van der Waals surface area contributed by atoms with Crippen LogP contribution < -0.4 is 10.1 Å². The minimum absolute atomic E-state index is 0.0274. The molecule has 4 aromatic rings. The first-order chi connectivity index (χ1) is 15.2. The van der Waals surface area contributed by atoms with Gasteiger partial charge >= 0.3 is 6.03 Å². The van der Waals surface area contributed by atoms with E-state index in [4.69, 9.17) is 9.26 Å². The first-order valence-corrected chi connectivity index (χ1v) is 10.0. The zero-order valence-electron chi connectivity index (χ0n) is 16.6. The van der Waals surface area contributed by atoms with Gasteiger partial charge in [-0.1, -0.05) is 53.7 Å². The number of aromatic nitrogens is 2. The van der Waals surface area contributed by atoms with Crippen molar-refractivity contribution in [2.45, 2.75) is 6.10 Å². The summed E-state index contributed by atoms with van der Waals surface area (Å²) in [6.07, 6.45) is -0.0274. The number of amides is 2. The Bertz CT molecular complexity index is 1150. The van der Waals surface area contributed by atoms with Crippen molar-refractivity contribution >= 4 is 11.7 Å². The fraction of sp³-hybridized carbons (Fsp3) is 0.125. The minimum atomic E-state index is -0.119. The predicted octanol–water partition coefficient (Wildman–Crippen LogP) is 4.70. The molecule has 0 radical (unpaired) electrons. The molecule has 1 saturated heterocycles. The maximum Gasteiger partial charge on any atom is 0.322 e. The van der Waals surface area contributed by atoms with Crippen LogP contribution in [0.5, 0.6) is 5.75 Å². The molecule has 7 heteroatoms. The highest BCUT2D eigenvalue weighted by molar-refractivity contribution is 5.89. The van der Waals surface area contributed by atoms with Crippen LogP contribution in [-0.4, -0.2) is 40.3 Å². The summed E-state index contributed by atoms with van der Waals surface area (Å²) in [4.78, 5) is 18.4. The molecule has 0 aliphatic carbocycles. The summed E-state index contributed by atoms with van der Waals surface area (Å²) in [6.45, 7) is 1.09. The highest BCUT2D eigenvalue weighted by atomic mass is 16.5. The molecule has 1 aliphatic heterocycles. The largest absolute Gasteiger partial charge is 0.487 e. The van der Waals surface area contributed by atoms with Gasteiger partial charge < -0.3 is 19.5 Å². The fourth-order valence-corrected chi connectivity index (χ4v) is 3.32. The number of nitrogens with zero attached hydrogens (tertiary/aromatic N) is 3. The Morgan fingerprint density at radius 1 is 0.903 bits per heavy atom. The lowest BCUT2D eigenvalue weighted by atomic mass is 10.1. The van der Waals surface area contributed by atoms with Crippen molar-refractivity contribution in [2.75, 3.05) is 18.4 Å². The molecule has 0 saturated carbocycles. The number of ether oxygens (including phenoxy) is 1. The number of benzene rings is 3. The van der Waals surface area contributed by atoms with Gasteiger partial charge in [0, 0.05) is 16.8 Å². The normalized spacial score (nSPS) is 13.5. The van der Waals surface area contributed by atoms with Crippen LogP contribution >= 0.6 is 0 Å². The third kappa shape index (κ3) is 4.25. The molecule has 1 fully saturated rings. The number of urea groups is 1. The lowest BCUT2D eigenvalue weighted by molar-refractivity contribution is 0.0493. The van der Waals surface area contributed by atoms with Crippen LogP contribution in [0, 0.1) is 0 Å². The summed E-state index contributed by atoms with van der Waals surface area (Å²) >= 11 is 0. The second kappa shape index (κ2) is 8.31. The molecule has 3 aromatic carbocycles. The summed E-state index contributed by atoms with van der Waals surface area (Å²) in [7, 11) is 0. The molecule has 1 aromatic heterocycles. The van der Waals surface area contributed by atoms with E-state index in [0.717, 1.165) is 22.6 Å². The Morgan fingerprint density at radius 2 is 1.58 bits per heavy atom. The SMILES string of the molecule is O=C(Nc1ccccc1)N1CC(Oc2ccc(-c3nc(-c4ccccc4)no3)cc2)C1. The maximum absolute atomic E-state index is 12.2. The van der Waals surface area contributed by atoms with Gasteiger partial charge in [0.1, 0.15) is 11.9 Å². The lowest BCUT2D eigenvalue weighted by Gasteiger charge is -2.38. The van der Waals surface area contributed by atoms with Crippen LogP contribution in [0.15, 0.2) is 89.5 Å². The third-order valence-corrected chi connectivity index (χ3v) is 5.02. The standard InChI is InChI=1S/C24H20N4O3/c29-24(25-19-9-5-2-6-10-19)28-15-21(16-28)30-20-13-11-18(12-14-20)23-26-22(27-31-23)17-7-3-1-4-8-17/h1-14,21H,15-16H2,(H,25,29). The molecule has 5 rings (SSSR count). The summed E-state index contributed by atoms with van der Waals surface area (Å²) < 4.78 is 11.4. The molecule has 0 unspecified atom stereocenters. The number of anilines is 1. The summed E-state index contributed by atoms with van der Waals surface area (Å²) in [5, 5.41) is 6.93. The van der Waals surface area contributed by atoms with Gasteiger partial charge in [0.05, 0.1) is 13.1 Å². The van der Waals surface area contributed by atoms with Gasteiger partial charge in [0.25, 0.3) is 5.89 Å². The highest BCUT2D eigenvalue weighted by Gasteiger charge is 2.32. The van der Waals surface area contributed by atoms with Crippen molar-refractivity contribution in [3.63, 3.8) is 0 Å². The van der Waals surface area contributed by atoms with E-state index in [0.29, 0.717) is 24.8 Å². The third-order valence-electron chi connectivity index (χ3n) is 5.02. The van der Waals surface area contributed by atoms with Crippen molar-refractivity contribution in [1.29, 1.82) is 0 Å². The number of carbonyl (C=O) groups excluding carboxylic acids is 1. The van der Waals surface area contributed by atoms with E-state index in [1.54, 1.807) is 4.90 Å². The molecular formula is C24H20N4O3. The van der Waals surface area contributed by atoms with Gasteiger partial charge in [0.2, 0.25) is 5.82 Å². The Labute approximate surface area is 179 Å². The van der Waals surface area contributed by atoms with Crippen LogP contribution in [0.2, 0.25) is 0 Å². The molecule has 7 nitrogen and oxygen atoms in total. The van der Waals surface area contributed by atoms with Crippen molar-refractivity contribution in [3.8, 4) is 28.6 Å². The minimum Gasteiger partial charge on any atom is -0.487 e. The van der Waals surface area contributed by atoms with Crippen molar-refractivity contribution < 1.29 is 14.1 Å². The molecule has 31 heavy (non-hydrogen) atoms. The Morgan fingerprint density at radius 3 is 2.29 bits per heavy atom. The van der Waals surface area contributed by atoms with E-state index in [-0.39, 0.29) is 12.1 Å². The molecule has 2 heterocycles. The molecule has 0 atom stereocenters. The molecule has 2 amide bonds. The fourth-order valence-electron chi connectivity index (χ4n) is 3.32. The second-order valence-electron chi connectivity index (χ2n) is 7.25. The van der Waals surface area contributed by atoms with E-state index in [1.165, 1.54) is 0 Å². The number of carbonyl (C=O) groups is 1. The average Bonchev–Trinajstić information content (AvgIpc) is 3.28. The zero-order valence-corrected chi connectivity index (χ0v) is 16.6. The summed E-state index contributed by atoms with van der Waals surface area (Å²) in [5.41, 5.74) is 2.51. The molecular weight excluding hydrogens is 392 g/mol. The van der Waals surface area contributed by atoms with Crippen LogP contribution in [0.3, 0.4) is 0 Å². The predicted molar refractivity (Wildman–Crippen MR) is 117 cm³/mol. The number of nitrogens with one attached hydrogen (secondary N) is 1. The molecule has 1 aliphatic rings. The monoisotopic (exact) mass is 412 g/mol. The van der Waals surface area contributed by atoms with Crippen LogP contribution in [-0.2, 0) is 0 Å². The number of hydrogen-bond acceptors (Lipinski definition) is 5. The molecule has 0 spiro atoms. The van der Waals surface area contributed by atoms with Gasteiger partial charge in [-0.3, -0.25) is 0 Å².